The number of halogens is 1. The smallest absolute Gasteiger partial charge is 0.142 e. The number of benzene rings is 1. The van der Waals surface area contributed by atoms with Crippen LogP contribution in [0.1, 0.15) is 5.56 Å². The summed E-state index contributed by atoms with van der Waals surface area (Å²) in [7, 11) is 3.57. The minimum Gasteiger partial charge on any atom is -0.495 e. The van der Waals surface area contributed by atoms with Gasteiger partial charge in [-0.05, 0) is 18.2 Å². The molecule has 1 aromatic carbocycles. The van der Waals surface area contributed by atoms with Crippen LogP contribution in [0.3, 0.4) is 0 Å². The highest BCUT2D eigenvalue weighted by molar-refractivity contribution is 9.10. The van der Waals surface area contributed by atoms with Crippen LogP contribution in [0, 0.1) is 0 Å². The zero-order chi connectivity index (χ0) is 12.3. The van der Waals surface area contributed by atoms with Crippen molar-refractivity contribution in [2.45, 2.75) is 6.54 Å². The van der Waals surface area contributed by atoms with Gasteiger partial charge in [-0.3, -0.25) is 4.68 Å². The van der Waals surface area contributed by atoms with E-state index in [1.807, 2.05) is 37.6 Å². The molecule has 0 saturated heterocycles. The lowest BCUT2D eigenvalue weighted by Crippen LogP contribution is -2.00. The summed E-state index contributed by atoms with van der Waals surface area (Å²) in [6.45, 7) is 0.723. The van der Waals surface area contributed by atoms with Gasteiger partial charge in [0.15, 0.2) is 0 Å². The van der Waals surface area contributed by atoms with Crippen molar-refractivity contribution in [2.24, 2.45) is 7.05 Å². The molecule has 0 unspecified atom stereocenters. The topological polar surface area (TPSA) is 39.1 Å². The van der Waals surface area contributed by atoms with Crippen molar-refractivity contribution in [3.63, 3.8) is 0 Å². The van der Waals surface area contributed by atoms with E-state index in [9.17, 15) is 0 Å². The van der Waals surface area contributed by atoms with Crippen LogP contribution < -0.4 is 10.1 Å². The highest BCUT2D eigenvalue weighted by Gasteiger charge is 2.03. The molecule has 0 radical (unpaired) electrons. The third-order valence-corrected chi connectivity index (χ3v) is 2.90. The van der Waals surface area contributed by atoms with Gasteiger partial charge in [-0.25, -0.2) is 0 Å². The molecule has 2 aromatic rings. The third-order valence-electron chi connectivity index (χ3n) is 2.40. The number of ether oxygens (including phenoxy) is 1. The molecule has 4 nitrogen and oxygen atoms in total. The minimum absolute atomic E-state index is 0.723. The van der Waals surface area contributed by atoms with Crippen molar-refractivity contribution in [1.29, 1.82) is 0 Å². The van der Waals surface area contributed by atoms with E-state index >= 15 is 0 Å². The van der Waals surface area contributed by atoms with Gasteiger partial charge >= 0.3 is 0 Å². The summed E-state index contributed by atoms with van der Waals surface area (Å²) < 4.78 is 8.10. The van der Waals surface area contributed by atoms with Crippen LogP contribution in [0.2, 0.25) is 0 Å². The number of anilines is 1. The van der Waals surface area contributed by atoms with Crippen molar-refractivity contribution in [1.82, 2.24) is 9.78 Å². The lowest BCUT2D eigenvalue weighted by atomic mass is 10.2. The second-order valence-corrected chi connectivity index (χ2v) is 4.64. The molecule has 1 N–H and O–H groups in total. The molecule has 17 heavy (non-hydrogen) atoms. The first-order chi connectivity index (χ1) is 8.19. The summed E-state index contributed by atoms with van der Waals surface area (Å²) in [6.07, 6.45) is 3.83. The number of hydrogen-bond donors (Lipinski definition) is 1. The largest absolute Gasteiger partial charge is 0.495 e. The number of rotatable bonds is 4. The fourth-order valence-corrected chi connectivity index (χ4v) is 1.94. The van der Waals surface area contributed by atoms with Gasteiger partial charge in [0.1, 0.15) is 5.75 Å². The van der Waals surface area contributed by atoms with E-state index in [2.05, 4.69) is 26.3 Å². The quantitative estimate of drug-likeness (QED) is 0.943. The second kappa shape index (κ2) is 5.23. The molecule has 0 spiro atoms. The highest BCUT2D eigenvalue weighted by Crippen LogP contribution is 2.28. The first-order valence-corrected chi connectivity index (χ1v) is 6.03. The average molecular weight is 296 g/mol. The summed E-state index contributed by atoms with van der Waals surface area (Å²) in [5.41, 5.74) is 2.10. The Labute approximate surface area is 109 Å². The molecule has 0 bridgehead atoms. The van der Waals surface area contributed by atoms with Crippen LogP contribution >= 0.6 is 15.9 Å². The first kappa shape index (κ1) is 12.0. The Balaban J connectivity index is 2.10. The van der Waals surface area contributed by atoms with E-state index in [-0.39, 0.29) is 0 Å². The van der Waals surface area contributed by atoms with E-state index < -0.39 is 0 Å². The van der Waals surface area contributed by atoms with Crippen LogP contribution in [0.4, 0.5) is 5.69 Å². The van der Waals surface area contributed by atoms with Crippen LogP contribution in [-0.4, -0.2) is 16.9 Å². The van der Waals surface area contributed by atoms with Crippen molar-refractivity contribution >= 4 is 21.6 Å². The molecule has 90 valence electrons. The number of aryl methyl sites for hydroxylation is 1. The molecule has 1 aromatic heterocycles. The van der Waals surface area contributed by atoms with Crippen molar-refractivity contribution in [2.75, 3.05) is 12.4 Å². The van der Waals surface area contributed by atoms with E-state index in [4.69, 9.17) is 4.74 Å². The molecule has 1 heterocycles. The van der Waals surface area contributed by atoms with Crippen LogP contribution in [0.5, 0.6) is 5.75 Å². The predicted octanol–water partition coefficient (Wildman–Crippen LogP) is 2.80. The number of hydrogen-bond acceptors (Lipinski definition) is 3. The monoisotopic (exact) mass is 295 g/mol. The van der Waals surface area contributed by atoms with E-state index in [1.165, 1.54) is 0 Å². The van der Waals surface area contributed by atoms with Gasteiger partial charge in [-0.1, -0.05) is 15.9 Å². The standard InChI is InChI=1S/C12H14BrN3O/c1-16-8-9(7-15-16)6-14-11-5-10(13)3-4-12(11)17-2/h3-5,7-8,14H,6H2,1-2H3. The Hall–Kier alpha value is -1.49. The maximum atomic E-state index is 5.29. The summed E-state index contributed by atoms with van der Waals surface area (Å²) in [5.74, 6) is 0.831. The zero-order valence-electron chi connectivity index (χ0n) is 9.77. The van der Waals surface area contributed by atoms with Crippen molar-refractivity contribution in [3.8, 4) is 5.75 Å². The summed E-state index contributed by atoms with van der Waals surface area (Å²) in [4.78, 5) is 0. The predicted molar refractivity (Wildman–Crippen MR) is 71.2 cm³/mol. The van der Waals surface area contributed by atoms with Crippen LogP contribution in [-0.2, 0) is 13.6 Å². The highest BCUT2D eigenvalue weighted by atomic mass is 79.9. The maximum Gasteiger partial charge on any atom is 0.142 e. The number of aromatic nitrogens is 2. The van der Waals surface area contributed by atoms with Crippen LogP contribution in [0.25, 0.3) is 0 Å². The molecule has 0 aliphatic heterocycles. The molecule has 0 saturated carbocycles. The van der Waals surface area contributed by atoms with E-state index in [0.717, 1.165) is 28.0 Å². The Morgan fingerprint density at radius 1 is 1.47 bits per heavy atom. The van der Waals surface area contributed by atoms with Gasteiger partial charge in [-0.2, -0.15) is 5.10 Å². The van der Waals surface area contributed by atoms with Gasteiger partial charge in [0.2, 0.25) is 0 Å². The Bertz CT molecular complexity index is 510. The number of nitrogens with zero attached hydrogens (tertiary/aromatic N) is 2. The number of methoxy groups -OCH3 is 1. The Kier molecular flexibility index (Phi) is 3.68. The fraction of sp³-hybridized carbons (Fsp3) is 0.250. The lowest BCUT2D eigenvalue weighted by Gasteiger charge is -2.10. The van der Waals surface area contributed by atoms with Gasteiger partial charge in [0, 0.05) is 29.8 Å². The lowest BCUT2D eigenvalue weighted by molar-refractivity contribution is 0.416. The zero-order valence-corrected chi connectivity index (χ0v) is 11.4. The average Bonchev–Trinajstić information content (AvgIpc) is 2.73. The van der Waals surface area contributed by atoms with E-state index in [0.29, 0.717) is 0 Å². The first-order valence-electron chi connectivity index (χ1n) is 5.24. The summed E-state index contributed by atoms with van der Waals surface area (Å²) in [5, 5.41) is 7.45. The van der Waals surface area contributed by atoms with Crippen molar-refractivity contribution in [3.05, 3.63) is 40.6 Å². The molecule has 5 heteroatoms. The molecule has 0 atom stereocenters. The summed E-state index contributed by atoms with van der Waals surface area (Å²) >= 11 is 3.44. The molecule has 0 fully saturated rings. The second-order valence-electron chi connectivity index (χ2n) is 3.72. The number of nitrogens with one attached hydrogen (secondary N) is 1. The molecule has 2 rings (SSSR count). The third kappa shape index (κ3) is 3.00. The normalized spacial score (nSPS) is 10.3. The minimum atomic E-state index is 0.723. The fourth-order valence-electron chi connectivity index (χ4n) is 1.58. The van der Waals surface area contributed by atoms with Gasteiger partial charge in [0.25, 0.3) is 0 Å². The molecular weight excluding hydrogens is 282 g/mol. The molecule has 0 amide bonds. The Morgan fingerprint density at radius 3 is 2.94 bits per heavy atom. The van der Waals surface area contributed by atoms with Gasteiger partial charge in [-0.15, -0.1) is 0 Å². The van der Waals surface area contributed by atoms with E-state index in [1.54, 1.807) is 11.8 Å². The maximum absolute atomic E-state index is 5.29. The SMILES string of the molecule is COc1ccc(Br)cc1NCc1cnn(C)c1. The Morgan fingerprint density at radius 2 is 2.29 bits per heavy atom. The summed E-state index contributed by atoms with van der Waals surface area (Å²) in [6, 6.07) is 5.87. The molecule has 0 aliphatic carbocycles. The van der Waals surface area contributed by atoms with Gasteiger partial charge in [0.05, 0.1) is 19.0 Å². The van der Waals surface area contributed by atoms with Crippen LogP contribution in [0.15, 0.2) is 35.1 Å². The van der Waals surface area contributed by atoms with Crippen molar-refractivity contribution < 1.29 is 4.74 Å². The van der Waals surface area contributed by atoms with Gasteiger partial charge < -0.3 is 10.1 Å². The molecule has 0 aliphatic rings. The molecular formula is C12H14BrN3O.